The Balaban J connectivity index is 2.03. The quantitative estimate of drug-likeness (QED) is 0.237. The molecule has 0 fully saturated rings. The van der Waals surface area contributed by atoms with E-state index in [2.05, 4.69) is 17.1 Å². The molecule has 0 aliphatic rings. The van der Waals surface area contributed by atoms with Crippen molar-refractivity contribution in [2.75, 3.05) is 5.06 Å². The van der Waals surface area contributed by atoms with E-state index in [1.165, 1.54) is 44.9 Å². The fourth-order valence-corrected chi connectivity index (χ4v) is 2.36. The normalized spacial score (nSPS) is 10.8. The van der Waals surface area contributed by atoms with Crippen molar-refractivity contribution in [3.05, 3.63) is 11.8 Å². The number of nitrogens with zero attached hydrogens (tertiary/aromatic N) is 2. The van der Waals surface area contributed by atoms with Gasteiger partial charge in [0, 0.05) is 18.2 Å². The summed E-state index contributed by atoms with van der Waals surface area (Å²) in [7, 11) is 0. The molecule has 0 aliphatic carbocycles. The number of hydrogen-bond acceptors (Lipinski definition) is 3. The van der Waals surface area contributed by atoms with E-state index in [9.17, 15) is 5.21 Å². The molecule has 0 spiro atoms. The van der Waals surface area contributed by atoms with Crippen LogP contribution in [0.5, 0.6) is 0 Å². The van der Waals surface area contributed by atoms with Crippen molar-refractivity contribution in [3.8, 4) is 0 Å². The molecule has 0 bridgehead atoms. The van der Waals surface area contributed by atoms with Crippen LogP contribution in [0.1, 0.15) is 76.8 Å². The summed E-state index contributed by atoms with van der Waals surface area (Å²) >= 11 is 0. The Labute approximate surface area is 128 Å². The number of nitrogens with one attached hydrogen (secondary N) is 2. The van der Waals surface area contributed by atoms with Crippen molar-refractivity contribution < 1.29 is 5.21 Å². The topological polar surface area (TPSA) is 76.0 Å². The minimum atomic E-state index is 0.212. The molecule has 0 saturated heterocycles. The second kappa shape index (κ2) is 10.4. The Kier molecular flexibility index (Phi) is 8.74. The summed E-state index contributed by atoms with van der Waals surface area (Å²) in [4.78, 5) is 0. The van der Waals surface area contributed by atoms with E-state index in [0.29, 0.717) is 12.2 Å². The Morgan fingerprint density at radius 3 is 2.24 bits per heavy atom. The van der Waals surface area contributed by atoms with Crippen LogP contribution in [0, 0.1) is 12.3 Å². The third kappa shape index (κ3) is 7.27. The van der Waals surface area contributed by atoms with Crippen LogP contribution < -0.4 is 5.06 Å². The maximum absolute atomic E-state index is 9.85. The van der Waals surface area contributed by atoms with Gasteiger partial charge in [0.2, 0.25) is 0 Å². The van der Waals surface area contributed by atoms with Gasteiger partial charge in [-0.3, -0.25) is 15.7 Å². The Bertz CT molecular complexity index is 403. The zero-order valence-electron chi connectivity index (χ0n) is 13.5. The summed E-state index contributed by atoms with van der Waals surface area (Å²) in [5, 5.41) is 25.3. The first kappa shape index (κ1) is 17.7. The zero-order valence-corrected chi connectivity index (χ0v) is 13.5. The largest absolute Gasteiger partial charge is 0.286 e. The van der Waals surface area contributed by atoms with Gasteiger partial charge in [-0.1, -0.05) is 58.3 Å². The van der Waals surface area contributed by atoms with Crippen molar-refractivity contribution >= 4 is 11.7 Å². The number of amidine groups is 1. The molecule has 1 aromatic heterocycles. The van der Waals surface area contributed by atoms with Crippen LogP contribution >= 0.6 is 0 Å². The molecule has 0 saturated carbocycles. The lowest BCUT2D eigenvalue weighted by Crippen LogP contribution is -2.26. The highest BCUT2D eigenvalue weighted by Gasteiger charge is 2.11. The van der Waals surface area contributed by atoms with Gasteiger partial charge in [0.05, 0.1) is 0 Å². The van der Waals surface area contributed by atoms with Gasteiger partial charge < -0.3 is 0 Å². The first-order valence-electron chi connectivity index (χ1n) is 8.23. The van der Waals surface area contributed by atoms with E-state index in [4.69, 9.17) is 5.41 Å². The lowest BCUT2D eigenvalue weighted by atomic mass is 10.1. The third-order valence-corrected chi connectivity index (χ3v) is 3.68. The molecule has 0 unspecified atom stereocenters. The van der Waals surface area contributed by atoms with Crippen LogP contribution in [0.2, 0.25) is 0 Å². The predicted molar refractivity (Wildman–Crippen MR) is 87.2 cm³/mol. The van der Waals surface area contributed by atoms with Crippen LogP contribution in [0.4, 0.5) is 5.82 Å². The zero-order chi connectivity index (χ0) is 15.5. The third-order valence-electron chi connectivity index (χ3n) is 3.68. The molecule has 1 aromatic rings. The van der Waals surface area contributed by atoms with Crippen molar-refractivity contribution in [2.24, 2.45) is 0 Å². The lowest BCUT2D eigenvalue weighted by Gasteiger charge is -2.14. The Morgan fingerprint density at radius 1 is 1.14 bits per heavy atom. The van der Waals surface area contributed by atoms with Gasteiger partial charge in [-0.2, -0.15) is 10.2 Å². The molecule has 0 amide bonds. The van der Waals surface area contributed by atoms with Gasteiger partial charge in [-0.25, -0.2) is 0 Å². The molecule has 1 rings (SSSR count). The Morgan fingerprint density at radius 2 is 1.71 bits per heavy atom. The summed E-state index contributed by atoms with van der Waals surface area (Å²) in [5.74, 6) is 0.609. The molecular formula is C16H30N4O. The maximum Gasteiger partial charge on any atom is 0.180 e. The monoisotopic (exact) mass is 294 g/mol. The molecule has 0 aliphatic heterocycles. The number of aryl methyl sites for hydroxylation is 1. The van der Waals surface area contributed by atoms with Gasteiger partial charge in [-0.05, 0) is 13.3 Å². The van der Waals surface area contributed by atoms with E-state index in [1.54, 1.807) is 6.07 Å². The molecule has 0 radical (unpaired) electrons. The molecule has 0 aromatic carbocycles. The number of unbranched alkanes of at least 4 members (excludes halogenated alkanes) is 8. The van der Waals surface area contributed by atoms with E-state index in [1.807, 2.05) is 6.92 Å². The van der Waals surface area contributed by atoms with E-state index in [-0.39, 0.29) is 5.84 Å². The summed E-state index contributed by atoms with van der Waals surface area (Å²) in [6.07, 6.45) is 11.9. The number of aromatic nitrogens is 2. The molecule has 5 nitrogen and oxygen atoms in total. The molecule has 3 N–H and O–H groups in total. The first-order chi connectivity index (χ1) is 10.1. The smallest absolute Gasteiger partial charge is 0.180 e. The van der Waals surface area contributed by atoms with Crippen molar-refractivity contribution in [3.63, 3.8) is 0 Å². The average Bonchev–Trinajstić information content (AvgIpc) is 2.91. The van der Waals surface area contributed by atoms with Crippen LogP contribution in [-0.4, -0.2) is 21.2 Å². The Hall–Kier alpha value is -1.36. The number of hydroxylamine groups is 1. The van der Waals surface area contributed by atoms with Gasteiger partial charge >= 0.3 is 0 Å². The molecule has 120 valence electrons. The first-order valence-corrected chi connectivity index (χ1v) is 8.23. The van der Waals surface area contributed by atoms with Crippen molar-refractivity contribution in [2.45, 2.75) is 78.1 Å². The van der Waals surface area contributed by atoms with Crippen LogP contribution in [0.3, 0.4) is 0 Å². The predicted octanol–water partition coefficient (Wildman–Crippen LogP) is 4.81. The molecule has 21 heavy (non-hydrogen) atoms. The summed E-state index contributed by atoms with van der Waals surface area (Å²) < 4.78 is 0. The second-order valence-electron chi connectivity index (χ2n) is 5.75. The number of H-pyrrole nitrogens is 1. The van der Waals surface area contributed by atoms with Crippen LogP contribution in [0.25, 0.3) is 0 Å². The minimum Gasteiger partial charge on any atom is -0.286 e. The van der Waals surface area contributed by atoms with Crippen LogP contribution in [0.15, 0.2) is 6.07 Å². The highest BCUT2D eigenvalue weighted by molar-refractivity contribution is 5.92. The highest BCUT2D eigenvalue weighted by Crippen LogP contribution is 2.14. The number of hydrogen-bond donors (Lipinski definition) is 3. The maximum atomic E-state index is 9.85. The van der Waals surface area contributed by atoms with Gasteiger partial charge in [0.15, 0.2) is 5.82 Å². The van der Waals surface area contributed by atoms with Crippen molar-refractivity contribution in [1.82, 2.24) is 10.2 Å². The van der Waals surface area contributed by atoms with E-state index < -0.39 is 0 Å². The average molecular weight is 294 g/mol. The highest BCUT2D eigenvalue weighted by atomic mass is 16.5. The second-order valence-corrected chi connectivity index (χ2v) is 5.75. The summed E-state index contributed by atoms with van der Waals surface area (Å²) in [5.41, 5.74) is 0.875. The molecule has 5 heteroatoms. The fourth-order valence-electron chi connectivity index (χ4n) is 2.36. The number of aromatic amines is 1. The summed E-state index contributed by atoms with van der Waals surface area (Å²) in [6.45, 7) is 4.11. The SMILES string of the molecule is CCCCCCCCCCCC(=N)N(O)c1cc(C)[nH]n1. The van der Waals surface area contributed by atoms with Gasteiger partial charge in [0.25, 0.3) is 0 Å². The van der Waals surface area contributed by atoms with E-state index in [0.717, 1.165) is 23.6 Å². The lowest BCUT2D eigenvalue weighted by molar-refractivity contribution is 0.304. The molecule has 1 heterocycles. The van der Waals surface area contributed by atoms with Crippen molar-refractivity contribution in [1.29, 1.82) is 5.41 Å². The standard InChI is InChI=1S/C16H30N4O/c1-3-4-5-6-7-8-9-10-11-12-15(17)20(21)16-13-14(2)18-19-16/h13,17,21H,3-12H2,1-2H3,(H,18,19). The number of rotatable bonds is 11. The summed E-state index contributed by atoms with van der Waals surface area (Å²) in [6, 6.07) is 1.73. The van der Waals surface area contributed by atoms with Gasteiger partial charge in [-0.15, -0.1) is 0 Å². The van der Waals surface area contributed by atoms with E-state index >= 15 is 0 Å². The minimum absolute atomic E-state index is 0.212. The van der Waals surface area contributed by atoms with Crippen LogP contribution in [-0.2, 0) is 0 Å². The molecule has 0 atom stereocenters. The number of anilines is 1. The van der Waals surface area contributed by atoms with Gasteiger partial charge in [0.1, 0.15) is 5.84 Å². The fraction of sp³-hybridized carbons (Fsp3) is 0.750. The molecular weight excluding hydrogens is 264 g/mol.